The molecule has 2 aromatic carbocycles. The molecule has 0 saturated carbocycles. The number of thioether (sulfide) groups is 1. The number of sulfonamides is 1. The lowest BCUT2D eigenvalue weighted by Crippen LogP contribution is -2.36. The van der Waals surface area contributed by atoms with Crippen molar-refractivity contribution in [3.05, 3.63) is 59.7 Å². The minimum Gasteiger partial charge on any atom is -0.268 e. The molecule has 0 aliphatic carbocycles. The van der Waals surface area contributed by atoms with Crippen LogP contribution in [-0.2, 0) is 15.8 Å². The fraction of sp³-hybridized carbons (Fsp3) is 0.250. The highest BCUT2D eigenvalue weighted by atomic mass is 32.2. The first-order chi connectivity index (χ1) is 10.1. The van der Waals surface area contributed by atoms with E-state index in [0.717, 1.165) is 27.5 Å². The third kappa shape index (κ3) is 3.09. The molecular weight excluding hydrogens is 302 g/mol. The Hall–Kier alpha value is -1.46. The first kappa shape index (κ1) is 14.5. The Morgan fingerprint density at radius 1 is 1.14 bits per heavy atom. The van der Waals surface area contributed by atoms with E-state index >= 15 is 0 Å². The lowest BCUT2D eigenvalue weighted by molar-refractivity contribution is 0.590. The number of nitrogens with zero attached hydrogens (tertiary/aromatic N) is 1. The fourth-order valence-electron chi connectivity index (χ4n) is 2.52. The minimum atomic E-state index is -3.35. The van der Waals surface area contributed by atoms with Gasteiger partial charge in [-0.3, -0.25) is 4.31 Å². The fourth-order valence-corrected chi connectivity index (χ4v) is 5.28. The average Bonchev–Trinajstić information content (AvgIpc) is 2.46. The van der Waals surface area contributed by atoms with Crippen LogP contribution >= 0.6 is 11.8 Å². The highest BCUT2D eigenvalue weighted by Crippen LogP contribution is 2.36. The summed E-state index contributed by atoms with van der Waals surface area (Å²) in [6.45, 7) is 2.51. The van der Waals surface area contributed by atoms with Crippen LogP contribution in [0.3, 0.4) is 0 Å². The maximum Gasteiger partial charge on any atom is 0.239 e. The molecule has 0 radical (unpaired) electrons. The maximum absolute atomic E-state index is 12.7. The summed E-state index contributed by atoms with van der Waals surface area (Å²) >= 11 is 1.71. The highest BCUT2D eigenvalue weighted by Gasteiger charge is 2.27. The molecule has 1 heterocycles. The lowest BCUT2D eigenvalue weighted by atomic mass is 10.2. The van der Waals surface area contributed by atoms with Crippen molar-refractivity contribution < 1.29 is 8.42 Å². The van der Waals surface area contributed by atoms with Gasteiger partial charge in [0.15, 0.2) is 0 Å². The van der Waals surface area contributed by atoms with E-state index in [0.29, 0.717) is 6.54 Å². The maximum atomic E-state index is 12.7. The van der Waals surface area contributed by atoms with E-state index in [-0.39, 0.29) is 5.75 Å². The zero-order chi connectivity index (χ0) is 14.9. The molecule has 0 spiro atoms. The van der Waals surface area contributed by atoms with Crippen LogP contribution in [0.25, 0.3) is 0 Å². The van der Waals surface area contributed by atoms with Crippen LogP contribution in [0.2, 0.25) is 0 Å². The van der Waals surface area contributed by atoms with Crippen molar-refractivity contribution in [2.45, 2.75) is 17.6 Å². The summed E-state index contributed by atoms with van der Waals surface area (Å²) in [5.74, 6) is 0.845. The van der Waals surface area contributed by atoms with Gasteiger partial charge in [-0.15, -0.1) is 11.8 Å². The third-order valence-electron chi connectivity index (χ3n) is 3.45. The summed E-state index contributed by atoms with van der Waals surface area (Å²) in [5.41, 5.74) is 2.73. The summed E-state index contributed by atoms with van der Waals surface area (Å²) in [5, 5.41) is 0. The van der Waals surface area contributed by atoms with E-state index in [1.807, 2.05) is 55.5 Å². The second-order valence-electron chi connectivity index (χ2n) is 5.13. The number of anilines is 1. The van der Waals surface area contributed by atoms with Gasteiger partial charge in [0.1, 0.15) is 0 Å². The van der Waals surface area contributed by atoms with Crippen molar-refractivity contribution in [1.29, 1.82) is 0 Å². The van der Waals surface area contributed by atoms with Gasteiger partial charge in [0.25, 0.3) is 0 Å². The van der Waals surface area contributed by atoms with Crippen molar-refractivity contribution in [3.8, 4) is 0 Å². The molecule has 0 bridgehead atoms. The number of fused-ring (bicyclic) bond motifs is 1. The van der Waals surface area contributed by atoms with E-state index in [1.165, 1.54) is 0 Å². The smallest absolute Gasteiger partial charge is 0.239 e. The Balaban J connectivity index is 1.93. The molecule has 0 amide bonds. The molecule has 5 heteroatoms. The Morgan fingerprint density at radius 3 is 2.76 bits per heavy atom. The van der Waals surface area contributed by atoms with Gasteiger partial charge in [0, 0.05) is 17.2 Å². The molecule has 1 aliphatic heterocycles. The molecule has 3 rings (SSSR count). The van der Waals surface area contributed by atoms with Crippen LogP contribution in [0, 0.1) is 6.92 Å². The molecule has 3 nitrogen and oxygen atoms in total. The molecule has 21 heavy (non-hydrogen) atoms. The molecule has 0 saturated heterocycles. The quantitative estimate of drug-likeness (QED) is 0.870. The van der Waals surface area contributed by atoms with Crippen LogP contribution < -0.4 is 4.31 Å². The molecule has 1 aliphatic rings. The first-order valence-corrected chi connectivity index (χ1v) is 9.43. The van der Waals surface area contributed by atoms with Crippen LogP contribution in [0.5, 0.6) is 0 Å². The monoisotopic (exact) mass is 319 g/mol. The topological polar surface area (TPSA) is 37.4 Å². The van der Waals surface area contributed by atoms with Crippen molar-refractivity contribution in [3.63, 3.8) is 0 Å². The Bertz CT molecular complexity index is 756. The van der Waals surface area contributed by atoms with E-state index < -0.39 is 10.0 Å². The van der Waals surface area contributed by atoms with Gasteiger partial charge in [-0.1, -0.05) is 42.0 Å². The molecule has 0 fully saturated rings. The molecule has 0 aromatic heterocycles. The number of para-hydroxylation sites is 1. The predicted octanol–water partition coefficient (Wildman–Crippen LogP) is 3.44. The van der Waals surface area contributed by atoms with Gasteiger partial charge in [-0.05, 0) is 24.6 Å². The molecule has 2 aromatic rings. The van der Waals surface area contributed by atoms with Crippen molar-refractivity contribution >= 4 is 27.5 Å². The van der Waals surface area contributed by atoms with Gasteiger partial charge in [0.05, 0.1) is 11.4 Å². The number of benzene rings is 2. The van der Waals surface area contributed by atoms with Crippen molar-refractivity contribution in [2.75, 3.05) is 16.6 Å². The lowest BCUT2D eigenvalue weighted by Gasteiger charge is -2.30. The first-order valence-electron chi connectivity index (χ1n) is 6.84. The molecule has 0 atom stereocenters. The summed E-state index contributed by atoms with van der Waals surface area (Å²) in [6.07, 6.45) is 0. The third-order valence-corrected chi connectivity index (χ3v) is 6.25. The minimum absolute atomic E-state index is 0.0493. The van der Waals surface area contributed by atoms with Crippen molar-refractivity contribution in [2.24, 2.45) is 0 Å². The number of rotatable bonds is 3. The summed E-state index contributed by atoms with van der Waals surface area (Å²) in [4.78, 5) is 1.04. The molecule has 110 valence electrons. The Morgan fingerprint density at radius 2 is 1.95 bits per heavy atom. The van der Waals surface area contributed by atoms with E-state index in [2.05, 4.69) is 0 Å². The standard InChI is InChI=1S/C16H17NO2S2/c1-13-5-4-6-14(11-13)12-21(18,19)17-9-10-20-16-8-3-2-7-15(16)17/h2-8,11H,9-10,12H2,1H3. The zero-order valence-electron chi connectivity index (χ0n) is 11.8. The second kappa shape index (κ2) is 5.73. The number of hydrogen-bond acceptors (Lipinski definition) is 3. The summed E-state index contributed by atoms with van der Waals surface area (Å²) in [7, 11) is -3.35. The number of aryl methyl sites for hydroxylation is 1. The van der Waals surface area contributed by atoms with Crippen LogP contribution in [0.15, 0.2) is 53.4 Å². The van der Waals surface area contributed by atoms with Gasteiger partial charge < -0.3 is 0 Å². The normalized spacial score (nSPS) is 14.8. The summed E-state index contributed by atoms with van der Waals surface area (Å²) < 4.78 is 27.0. The van der Waals surface area contributed by atoms with E-state index in [1.54, 1.807) is 16.1 Å². The van der Waals surface area contributed by atoms with Crippen molar-refractivity contribution in [1.82, 2.24) is 0 Å². The Kier molecular flexibility index (Phi) is 3.95. The van der Waals surface area contributed by atoms with Gasteiger partial charge in [0.2, 0.25) is 10.0 Å². The van der Waals surface area contributed by atoms with Gasteiger partial charge in [-0.25, -0.2) is 8.42 Å². The van der Waals surface area contributed by atoms with Crippen LogP contribution in [-0.4, -0.2) is 20.7 Å². The zero-order valence-corrected chi connectivity index (χ0v) is 13.5. The van der Waals surface area contributed by atoms with Crippen LogP contribution in [0.1, 0.15) is 11.1 Å². The molecule has 0 N–H and O–H groups in total. The number of hydrogen-bond donors (Lipinski definition) is 0. The largest absolute Gasteiger partial charge is 0.268 e. The predicted molar refractivity (Wildman–Crippen MR) is 88.3 cm³/mol. The van der Waals surface area contributed by atoms with Gasteiger partial charge in [-0.2, -0.15) is 0 Å². The average molecular weight is 319 g/mol. The highest BCUT2D eigenvalue weighted by molar-refractivity contribution is 8.00. The molecular formula is C16H17NO2S2. The molecule has 0 unspecified atom stereocenters. The SMILES string of the molecule is Cc1cccc(CS(=O)(=O)N2CCSc3ccccc32)c1. The summed E-state index contributed by atoms with van der Waals surface area (Å²) in [6, 6.07) is 15.4. The second-order valence-corrected chi connectivity index (χ2v) is 8.16. The van der Waals surface area contributed by atoms with Gasteiger partial charge >= 0.3 is 0 Å². The van der Waals surface area contributed by atoms with E-state index in [9.17, 15) is 8.42 Å². The van der Waals surface area contributed by atoms with Crippen LogP contribution in [0.4, 0.5) is 5.69 Å². The van der Waals surface area contributed by atoms with E-state index in [4.69, 9.17) is 0 Å². The Labute approximate surface area is 130 Å².